The van der Waals surface area contributed by atoms with Crippen LogP contribution in [0.1, 0.15) is 28.7 Å². The maximum atomic E-state index is 12.4. The van der Waals surface area contributed by atoms with Crippen molar-refractivity contribution in [2.24, 2.45) is 0 Å². The average molecular weight is 309 g/mol. The summed E-state index contributed by atoms with van der Waals surface area (Å²) in [6.45, 7) is 5.26. The lowest BCUT2D eigenvalue weighted by atomic mass is 9.97. The van der Waals surface area contributed by atoms with E-state index in [2.05, 4.69) is 10.6 Å². The fourth-order valence-corrected chi connectivity index (χ4v) is 3.90. The van der Waals surface area contributed by atoms with E-state index in [1.54, 1.807) is 26.8 Å². The van der Waals surface area contributed by atoms with E-state index in [1.165, 1.54) is 0 Å². The van der Waals surface area contributed by atoms with Gasteiger partial charge in [-0.3, -0.25) is 4.79 Å². The molecule has 0 bridgehead atoms. The van der Waals surface area contributed by atoms with Crippen molar-refractivity contribution in [1.29, 1.82) is 0 Å². The summed E-state index contributed by atoms with van der Waals surface area (Å²) in [7, 11) is -3.71. The Kier molecular flexibility index (Phi) is 5.53. The minimum absolute atomic E-state index is 0.140. The second-order valence-corrected chi connectivity index (χ2v) is 6.57. The summed E-state index contributed by atoms with van der Waals surface area (Å²) >= 11 is 0. The number of carboxylic acids is 1. The van der Waals surface area contributed by atoms with E-state index in [-0.39, 0.29) is 17.9 Å². The summed E-state index contributed by atoms with van der Waals surface area (Å²) in [4.78, 5) is 11.1. The quantitative estimate of drug-likeness (QED) is 0.617. The zero-order chi connectivity index (χ0) is 16.2. The summed E-state index contributed by atoms with van der Waals surface area (Å²) in [5.74, 6) is 1.37. The lowest BCUT2D eigenvalue weighted by molar-refractivity contribution is -0.136. The van der Waals surface area contributed by atoms with Crippen molar-refractivity contribution >= 4 is 16.0 Å². The molecule has 0 aliphatic heterocycles. The molecule has 5 nitrogen and oxygen atoms in total. The molecule has 0 radical (unpaired) electrons. The third-order valence-electron chi connectivity index (χ3n) is 3.22. The van der Waals surface area contributed by atoms with Gasteiger partial charge in [-0.2, -0.15) is 0 Å². The van der Waals surface area contributed by atoms with Gasteiger partial charge in [-0.25, -0.2) is 13.1 Å². The summed E-state index contributed by atoms with van der Waals surface area (Å²) in [5.41, 5.74) is 2.37. The van der Waals surface area contributed by atoms with Gasteiger partial charge in [-0.15, -0.1) is 12.3 Å². The van der Waals surface area contributed by atoms with Gasteiger partial charge in [0.25, 0.3) is 0 Å². The van der Waals surface area contributed by atoms with Crippen LogP contribution in [-0.2, 0) is 21.2 Å². The number of carboxylic acid groups (broad SMARTS) is 1. The van der Waals surface area contributed by atoms with E-state index in [0.717, 1.165) is 5.56 Å². The summed E-state index contributed by atoms with van der Waals surface area (Å²) in [6, 6.07) is 1.70. The van der Waals surface area contributed by atoms with Crippen LogP contribution in [0, 0.1) is 33.1 Å². The number of benzene rings is 1. The first-order valence-electron chi connectivity index (χ1n) is 6.45. The normalized spacial score (nSPS) is 11.1. The van der Waals surface area contributed by atoms with E-state index in [1.807, 2.05) is 0 Å². The van der Waals surface area contributed by atoms with Crippen LogP contribution in [0.5, 0.6) is 0 Å². The van der Waals surface area contributed by atoms with Crippen LogP contribution in [0.3, 0.4) is 0 Å². The Morgan fingerprint density at radius 3 is 2.48 bits per heavy atom. The average Bonchev–Trinajstić information content (AvgIpc) is 2.33. The molecule has 0 heterocycles. The highest BCUT2D eigenvalue weighted by atomic mass is 32.2. The van der Waals surface area contributed by atoms with E-state index in [9.17, 15) is 13.2 Å². The molecule has 114 valence electrons. The van der Waals surface area contributed by atoms with Crippen LogP contribution in [-0.4, -0.2) is 26.0 Å². The van der Waals surface area contributed by atoms with Crippen molar-refractivity contribution in [3.63, 3.8) is 0 Å². The van der Waals surface area contributed by atoms with Gasteiger partial charge in [0.2, 0.25) is 10.0 Å². The topological polar surface area (TPSA) is 83.5 Å². The fourth-order valence-electron chi connectivity index (χ4n) is 2.37. The molecule has 0 aliphatic carbocycles. The van der Waals surface area contributed by atoms with Crippen molar-refractivity contribution in [2.75, 3.05) is 6.54 Å². The van der Waals surface area contributed by atoms with Gasteiger partial charge in [-0.1, -0.05) is 6.07 Å². The number of rotatable bonds is 6. The van der Waals surface area contributed by atoms with Crippen molar-refractivity contribution in [3.05, 3.63) is 28.3 Å². The highest BCUT2D eigenvalue weighted by molar-refractivity contribution is 7.89. The van der Waals surface area contributed by atoms with Crippen LogP contribution in [0.25, 0.3) is 0 Å². The molecule has 1 rings (SSSR count). The van der Waals surface area contributed by atoms with Gasteiger partial charge in [0.15, 0.2) is 0 Å². The van der Waals surface area contributed by atoms with Gasteiger partial charge in [0.05, 0.1) is 11.3 Å². The molecule has 6 heteroatoms. The first-order valence-corrected chi connectivity index (χ1v) is 7.93. The number of hydrogen-bond donors (Lipinski definition) is 2. The molecule has 21 heavy (non-hydrogen) atoms. The second kappa shape index (κ2) is 6.74. The maximum Gasteiger partial charge on any atom is 0.307 e. The van der Waals surface area contributed by atoms with Gasteiger partial charge in [0.1, 0.15) is 0 Å². The predicted molar refractivity (Wildman–Crippen MR) is 80.6 cm³/mol. The van der Waals surface area contributed by atoms with E-state index in [0.29, 0.717) is 23.1 Å². The van der Waals surface area contributed by atoms with E-state index in [4.69, 9.17) is 11.5 Å². The van der Waals surface area contributed by atoms with E-state index < -0.39 is 16.0 Å². The van der Waals surface area contributed by atoms with Crippen LogP contribution in [0.4, 0.5) is 0 Å². The molecule has 0 amide bonds. The molecule has 0 aliphatic rings. The second-order valence-electron chi connectivity index (χ2n) is 4.87. The molecular formula is C15H19NO4S. The Bertz CT molecular complexity index is 699. The number of nitrogens with one attached hydrogen (secondary N) is 1. The van der Waals surface area contributed by atoms with E-state index >= 15 is 0 Å². The Morgan fingerprint density at radius 2 is 1.95 bits per heavy atom. The smallest absolute Gasteiger partial charge is 0.307 e. The molecule has 0 saturated heterocycles. The monoisotopic (exact) mass is 309 g/mol. The van der Waals surface area contributed by atoms with Crippen molar-refractivity contribution in [2.45, 2.75) is 38.5 Å². The molecule has 1 aromatic rings. The summed E-state index contributed by atoms with van der Waals surface area (Å²) in [5, 5.41) is 8.96. The molecule has 0 aromatic heterocycles. The van der Waals surface area contributed by atoms with Gasteiger partial charge in [-0.05, 0) is 43.0 Å². The van der Waals surface area contributed by atoms with Crippen LogP contribution < -0.4 is 4.72 Å². The number of aliphatic carboxylic acids is 1. The largest absolute Gasteiger partial charge is 0.481 e. The highest BCUT2D eigenvalue weighted by Gasteiger charge is 2.23. The highest BCUT2D eigenvalue weighted by Crippen LogP contribution is 2.26. The van der Waals surface area contributed by atoms with Crippen molar-refractivity contribution < 1.29 is 18.3 Å². The minimum Gasteiger partial charge on any atom is -0.481 e. The first-order chi connectivity index (χ1) is 9.70. The van der Waals surface area contributed by atoms with Gasteiger partial charge < -0.3 is 5.11 Å². The number of sulfonamides is 1. The Morgan fingerprint density at radius 1 is 1.33 bits per heavy atom. The summed E-state index contributed by atoms with van der Waals surface area (Å²) < 4.78 is 27.2. The molecule has 0 unspecified atom stereocenters. The fraction of sp³-hybridized carbons (Fsp3) is 0.400. The molecule has 1 aromatic carbocycles. The van der Waals surface area contributed by atoms with Crippen molar-refractivity contribution in [3.8, 4) is 12.3 Å². The molecule has 0 spiro atoms. The zero-order valence-electron chi connectivity index (χ0n) is 12.4. The zero-order valence-corrected chi connectivity index (χ0v) is 13.2. The SMILES string of the molecule is C#CCCNS(=O)(=O)c1c(C)cc(C)c(CC(=O)O)c1C. The number of hydrogen-bond acceptors (Lipinski definition) is 3. The maximum absolute atomic E-state index is 12.4. The lowest BCUT2D eigenvalue weighted by Gasteiger charge is -2.17. The Balaban J connectivity index is 3.36. The van der Waals surface area contributed by atoms with Gasteiger partial charge >= 0.3 is 5.97 Å². The molecule has 2 N–H and O–H groups in total. The molecule has 0 atom stereocenters. The number of terminal acetylenes is 1. The third kappa shape index (κ3) is 4.06. The predicted octanol–water partition coefficient (Wildman–Crippen LogP) is 1.54. The third-order valence-corrected chi connectivity index (χ3v) is 4.97. The molecular weight excluding hydrogens is 290 g/mol. The first kappa shape index (κ1) is 17.2. The number of carbonyl (C=O) groups is 1. The summed E-state index contributed by atoms with van der Waals surface area (Å²) in [6.07, 6.45) is 5.20. The molecule has 0 fully saturated rings. The Hall–Kier alpha value is -1.84. The molecule has 0 saturated carbocycles. The van der Waals surface area contributed by atoms with Crippen LogP contribution >= 0.6 is 0 Å². The standard InChI is InChI=1S/C15H19NO4S/c1-5-6-7-16-21(19,20)15-11(3)8-10(2)13(12(15)4)9-14(17)18/h1,8,16H,6-7,9H2,2-4H3,(H,17,18). The van der Waals surface area contributed by atoms with Crippen LogP contribution in [0.2, 0.25) is 0 Å². The van der Waals surface area contributed by atoms with Crippen LogP contribution in [0.15, 0.2) is 11.0 Å². The van der Waals surface area contributed by atoms with Crippen molar-refractivity contribution in [1.82, 2.24) is 4.72 Å². The minimum atomic E-state index is -3.71. The number of aryl methyl sites for hydroxylation is 2. The Labute approximate surface area is 125 Å². The van der Waals surface area contributed by atoms with Gasteiger partial charge in [0, 0.05) is 13.0 Å². The lowest BCUT2D eigenvalue weighted by Crippen LogP contribution is -2.26.